The van der Waals surface area contributed by atoms with Crippen molar-refractivity contribution in [1.82, 2.24) is 0 Å². The molecule has 4 nitrogen and oxygen atoms in total. The number of nitrogens with one attached hydrogen (secondary N) is 1. The van der Waals surface area contributed by atoms with E-state index in [1.54, 1.807) is 0 Å². The number of rotatable bonds is 5. The Labute approximate surface area is 136 Å². The first-order valence-electron chi connectivity index (χ1n) is 7.88. The van der Waals surface area contributed by atoms with Crippen molar-refractivity contribution < 1.29 is 14.3 Å². The summed E-state index contributed by atoms with van der Waals surface area (Å²) in [6.45, 7) is 3.62. The molecule has 0 aromatic heterocycles. The van der Waals surface area contributed by atoms with Gasteiger partial charge >= 0.3 is 0 Å². The maximum absolute atomic E-state index is 12.3. The van der Waals surface area contributed by atoms with Crippen molar-refractivity contribution in [2.75, 3.05) is 18.5 Å². The number of amides is 1. The van der Waals surface area contributed by atoms with Crippen LogP contribution in [0, 0.1) is 12.8 Å². The Morgan fingerprint density at radius 1 is 1.26 bits per heavy atom. The first-order chi connectivity index (χ1) is 11.2. The lowest BCUT2D eigenvalue weighted by Gasteiger charge is -2.15. The molecule has 1 aliphatic rings. The lowest BCUT2D eigenvalue weighted by molar-refractivity contribution is -0.119. The largest absolute Gasteiger partial charge is 0.487 e. The summed E-state index contributed by atoms with van der Waals surface area (Å²) in [5.74, 6) is 0.613. The third-order valence-corrected chi connectivity index (χ3v) is 3.93. The molecule has 1 saturated heterocycles. The second kappa shape index (κ2) is 7.29. The van der Waals surface area contributed by atoms with Crippen LogP contribution >= 0.6 is 0 Å². The molecule has 0 unspecified atom stereocenters. The molecule has 120 valence electrons. The van der Waals surface area contributed by atoms with Gasteiger partial charge in [0.25, 0.3) is 0 Å². The number of anilines is 1. The molecule has 0 radical (unpaired) electrons. The van der Waals surface area contributed by atoms with Crippen molar-refractivity contribution in [2.45, 2.75) is 20.0 Å². The summed E-state index contributed by atoms with van der Waals surface area (Å²) in [5, 5.41) is 2.99. The summed E-state index contributed by atoms with van der Waals surface area (Å²) >= 11 is 0. The third kappa shape index (κ3) is 4.11. The minimum Gasteiger partial charge on any atom is -0.487 e. The average molecular weight is 311 g/mol. The van der Waals surface area contributed by atoms with Crippen LogP contribution in [0.2, 0.25) is 0 Å². The van der Waals surface area contributed by atoms with Crippen LogP contribution in [0.4, 0.5) is 5.69 Å². The normalized spacial score (nSPS) is 17.0. The Kier molecular flexibility index (Phi) is 4.93. The Balaban J connectivity index is 1.71. The highest BCUT2D eigenvalue weighted by Gasteiger charge is 2.24. The topological polar surface area (TPSA) is 47.6 Å². The first kappa shape index (κ1) is 15.6. The quantitative estimate of drug-likeness (QED) is 0.918. The van der Waals surface area contributed by atoms with Crippen LogP contribution in [0.15, 0.2) is 48.5 Å². The molecular formula is C19H21NO3. The molecule has 4 heteroatoms. The highest BCUT2D eigenvalue weighted by atomic mass is 16.5. The Hall–Kier alpha value is -2.33. The molecule has 23 heavy (non-hydrogen) atoms. The predicted octanol–water partition coefficient (Wildman–Crippen LogP) is 3.55. The molecule has 0 spiro atoms. The van der Waals surface area contributed by atoms with Crippen LogP contribution in [0.5, 0.6) is 5.75 Å². The number of hydrogen-bond donors (Lipinski definition) is 1. The molecular weight excluding hydrogens is 290 g/mol. The standard InChI is InChI=1S/C19H21NO3/c1-14-7-8-18(23-12-15-5-3-2-4-6-15)17(11-14)20-19(21)16-9-10-22-13-16/h2-8,11,16H,9-10,12-13H2,1H3,(H,20,21)/t16-/m0/s1. The Morgan fingerprint density at radius 3 is 2.83 bits per heavy atom. The lowest BCUT2D eigenvalue weighted by Crippen LogP contribution is -2.23. The van der Waals surface area contributed by atoms with E-state index >= 15 is 0 Å². The molecule has 1 fully saturated rings. The molecule has 1 amide bonds. The van der Waals surface area contributed by atoms with Gasteiger partial charge in [-0.3, -0.25) is 4.79 Å². The van der Waals surface area contributed by atoms with Gasteiger partial charge in [0.15, 0.2) is 0 Å². The number of ether oxygens (including phenoxy) is 2. The smallest absolute Gasteiger partial charge is 0.230 e. The van der Waals surface area contributed by atoms with Gasteiger partial charge < -0.3 is 14.8 Å². The average Bonchev–Trinajstić information content (AvgIpc) is 3.10. The molecule has 0 saturated carbocycles. The van der Waals surface area contributed by atoms with Crippen molar-refractivity contribution in [3.05, 3.63) is 59.7 Å². The molecule has 1 heterocycles. The van der Waals surface area contributed by atoms with Crippen molar-refractivity contribution in [3.63, 3.8) is 0 Å². The van der Waals surface area contributed by atoms with Crippen LogP contribution in [0.1, 0.15) is 17.5 Å². The van der Waals surface area contributed by atoms with Gasteiger partial charge in [0.1, 0.15) is 12.4 Å². The van der Waals surface area contributed by atoms with E-state index < -0.39 is 0 Å². The monoisotopic (exact) mass is 311 g/mol. The van der Waals surface area contributed by atoms with E-state index in [2.05, 4.69) is 5.32 Å². The summed E-state index contributed by atoms with van der Waals surface area (Å²) in [6.07, 6.45) is 0.776. The summed E-state index contributed by atoms with van der Waals surface area (Å²) < 4.78 is 11.2. The lowest BCUT2D eigenvalue weighted by atomic mass is 10.1. The van der Waals surface area contributed by atoms with Crippen molar-refractivity contribution >= 4 is 11.6 Å². The van der Waals surface area contributed by atoms with E-state index in [0.29, 0.717) is 25.6 Å². The minimum atomic E-state index is -0.0718. The second-order valence-corrected chi connectivity index (χ2v) is 5.82. The van der Waals surface area contributed by atoms with Crippen LogP contribution in [-0.2, 0) is 16.1 Å². The molecule has 1 N–H and O–H groups in total. The fraction of sp³-hybridized carbons (Fsp3) is 0.316. The van der Waals surface area contributed by atoms with Gasteiger partial charge in [0, 0.05) is 6.61 Å². The van der Waals surface area contributed by atoms with E-state index in [-0.39, 0.29) is 11.8 Å². The van der Waals surface area contributed by atoms with Gasteiger partial charge in [-0.2, -0.15) is 0 Å². The van der Waals surface area contributed by atoms with E-state index in [9.17, 15) is 4.79 Å². The van der Waals surface area contributed by atoms with E-state index in [4.69, 9.17) is 9.47 Å². The van der Waals surface area contributed by atoms with Gasteiger partial charge in [0.2, 0.25) is 5.91 Å². The van der Waals surface area contributed by atoms with E-state index in [0.717, 1.165) is 23.2 Å². The number of carbonyl (C=O) groups excluding carboxylic acids is 1. The third-order valence-electron chi connectivity index (χ3n) is 3.93. The Bertz CT molecular complexity index is 664. The highest BCUT2D eigenvalue weighted by molar-refractivity contribution is 5.94. The molecule has 1 aliphatic heterocycles. The van der Waals surface area contributed by atoms with Crippen molar-refractivity contribution in [3.8, 4) is 5.75 Å². The fourth-order valence-corrected chi connectivity index (χ4v) is 2.58. The highest BCUT2D eigenvalue weighted by Crippen LogP contribution is 2.28. The summed E-state index contributed by atoms with van der Waals surface area (Å²) in [4.78, 5) is 12.3. The number of carbonyl (C=O) groups is 1. The van der Waals surface area contributed by atoms with Gasteiger partial charge in [0.05, 0.1) is 18.2 Å². The SMILES string of the molecule is Cc1ccc(OCc2ccccc2)c(NC(=O)[C@H]2CCOC2)c1. The maximum Gasteiger partial charge on any atom is 0.230 e. The number of hydrogen-bond acceptors (Lipinski definition) is 3. The predicted molar refractivity (Wildman–Crippen MR) is 89.5 cm³/mol. The molecule has 3 rings (SSSR count). The molecule has 1 atom stereocenters. The van der Waals surface area contributed by atoms with Gasteiger partial charge in [-0.1, -0.05) is 36.4 Å². The van der Waals surface area contributed by atoms with E-state index in [1.807, 2.05) is 55.5 Å². The van der Waals surface area contributed by atoms with Crippen LogP contribution < -0.4 is 10.1 Å². The van der Waals surface area contributed by atoms with Crippen molar-refractivity contribution in [2.24, 2.45) is 5.92 Å². The summed E-state index contributed by atoms with van der Waals surface area (Å²) in [6, 6.07) is 15.8. The zero-order valence-corrected chi connectivity index (χ0v) is 13.2. The molecule has 0 bridgehead atoms. The Morgan fingerprint density at radius 2 is 2.09 bits per heavy atom. The van der Waals surface area contributed by atoms with E-state index in [1.165, 1.54) is 0 Å². The maximum atomic E-state index is 12.3. The molecule has 0 aliphatic carbocycles. The summed E-state index contributed by atoms with van der Waals surface area (Å²) in [5.41, 5.74) is 2.89. The summed E-state index contributed by atoms with van der Waals surface area (Å²) in [7, 11) is 0. The van der Waals surface area contributed by atoms with Gasteiger partial charge in [-0.05, 0) is 36.6 Å². The van der Waals surface area contributed by atoms with Crippen LogP contribution in [0.25, 0.3) is 0 Å². The number of aryl methyl sites for hydroxylation is 1. The van der Waals surface area contributed by atoms with Gasteiger partial charge in [-0.15, -0.1) is 0 Å². The minimum absolute atomic E-state index is 0.00217. The van der Waals surface area contributed by atoms with Gasteiger partial charge in [-0.25, -0.2) is 0 Å². The first-order valence-corrected chi connectivity index (χ1v) is 7.88. The molecule has 2 aromatic carbocycles. The van der Waals surface area contributed by atoms with Crippen LogP contribution in [-0.4, -0.2) is 19.1 Å². The second-order valence-electron chi connectivity index (χ2n) is 5.82. The van der Waals surface area contributed by atoms with Crippen molar-refractivity contribution in [1.29, 1.82) is 0 Å². The van der Waals surface area contributed by atoms with Crippen LogP contribution in [0.3, 0.4) is 0 Å². The fourth-order valence-electron chi connectivity index (χ4n) is 2.58. The zero-order chi connectivity index (χ0) is 16.1. The number of benzene rings is 2. The zero-order valence-electron chi connectivity index (χ0n) is 13.2. The molecule has 2 aromatic rings.